The Morgan fingerprint density at radius 1 is 1.30 bits per heavy atom. The molecule has 0 spiro atoms. The van der Waals surface area contributed by atoms with E-state index in [1.165, 1.54) is 23.0 Å². The van der Waals surface area contributed by atoms with E-state index in [1.54, 1.807) is 24.2 Å². The van der Waals surface area contributed by atoms with Crippen LogP contribution in [0.2, 0.25) is 15.1 Å². The van der Waals surface area contributed by atoms with Gasteiger partial charge in [-0.05, 0) is 19.4 Å². The third-order valence-corrected chi connectivity index (χ3v) is 4.16. The molecule has 0 aliphatic rings. The molecule has 0 bridgehead atoms. The van der Waals surface area contributed by atoms with Gasteiger partial charge in [-0.3, -0.25) is 9.47 Å². The maximum atomic E-state index is 12.5. The Kier molecular flexibility index (Phi) is 6.16. The van der Waals surface area contributed by atoms with Gasteiger partial charge in [0.15, 0.2) is 6.23 Å². The van der Waals surface area contributed by atoms with Gasteiger partial charge in [0.25, 0.3) is 0 Å². The molecule has 2 aromatic rings. The summed E-state index contributed by atoms with van der Waals surface area (Å²) in [5.74, 6) is 0.369. The SMILES string of the molecule is CCCN(C(=O)n1ccnc1)C(C)Oc1cc(Cl)c(Cl)cc1Cl. The Bertz CT molecular complexity index is 677. The largest absolute Gasteiger partial charge is 0.469 e. The van der Waals surface area contributed by atoms with Gasteiger partial charge in [-0.25, -0.2) is 9.78 Å². The molecule has 124 valence electrons. The van der Waals surface area contributed by atoms with E-state index < -0.39 is 6.23 Å². The average molecular weight is 377 g/mol. The van der Waals surface area contributed by atoms with Gasteiger partial charge in [0, 0.05) is 25.0 Å². The van der Waals surface area contributed by atoms with Crippen molar-refractivity contribution in [2.75, 3.05) is 6.54 Å². The van der Waals surface area contributed by atoms with Crippen LogP contribution in [0.1, 0.15) is 20.3 Å². The summed E-state index contributed by atoms with van der Waals surface area (Å²) < 4.78 is 7.21. The normalized spacial score (nSPS) is 12.0. The molecule has 0 fully saturated rings. The second-order valence-electron chi connectivity index (χ2n) is 4.86. The molecule has 0 aliphatic heterocycles. The molecule has 8 heteroatoms. The van der Waals surface area contributed by atoms with Crippen molar-refractivity contribution in [3.05, 3.63) is 45.9 Å². The zero-order valence-corrected chi connectivity index (χ0v) is 14.9. The summed E-state index contributed by atoms with van der Waals surface area (Å²) in [7, 11) is 0. The van der Waals surface area contributed by atoms with Crippen LogP contribution in [-0.4, -0.2) is 33.3 Å². The topological polar surface area (TPSA) is 47.4 Å². The first kappa shape index (κ1) is 17.9. The number of carbonyl (C=O) groups is 1. The lowest BCUT2D eigenvalue weighted by atomic mass is 10.3. The molecule has 1 atom stereocenters. The van der Waals surface area contributed by atoms with Gasteiger partial charge in [0.05, 0.1) is 15.1 Å². The third kappa shape index (κ3) is 4.31. The number of aromatic nitrogens is 2. The number of imidazole rings is 1. The summed E-state index contributed by atoms with van der Waals surface area (Å²) in [6.07, 6.45) is 4.82. The van der Waals surface area contributed by atoms with Crippen molar-refractivity contribution < 1.29 is 9.53 Å². The van der Waals surface area contributed by atoms with Crippen molar-refractivity contribution in [2.24, 2.45) is 0 Å². The van der Waals surface area contributed by atoms with Crippen molar-refractivity contribution in [1.82, 2.24) is 14.5 Å². The summed E-state index contributed by atoms with van der Waals surface area (Å²) in [5.41, 5.74) is 0. The highest BCUT2D eigenvalue weighted by Crippen LogP contribution is 2.34. The van der Waals surface area contributed by atoms with Gasteiger partial charge in [0.2, 0.25) is 0 Å². The van der Waals surface area contributed by atoms with E-state index in [9.17, 15) is 4.79 Å². The molecular formula is C15H16Cl3N3O2. The van der Waals surface area contributed by atoms with Crippen molar-refractivity contribution in [1.29, 1.82) is 0 Å². The maximum absolute atomic E-state index is 12.5. The van der Waals surface area contributed by atoms with E-state index in [-0.39, 0.29) is 6.03 Å². The molecule has 2 rings (SSSR count). The van der Waals surface area contributed by atoms with Gasteiger partial charge in [0.1, 0.15) is 12.1 Å². The first-order chi connectivity index (χ1) is 10.9. The summed E-state index contributed by atoms with van der Waals surface area (Å²) in [4.78, 5) is 18.0. The van der Waals surface area contributed by atoms with Crippen LogP contribution in [0, 0.1) is 0 Å². The number of rotatable bonds is 5. The highest BCUT2D eigenvalue weighted by Gasteiger charge is 2.23. The van der Waals surface area contributed by atoms with E-state index in [0.717, 1.165) is 6.42 Å². The van der Waals surface area contributed by atoms with Crippen LogP contribution in [-0.2, 0) is 0 Å². The molecule has 1 aromatic carbocycles. The van der Waals surface area contributed by atoms with Crippen LogP contribution < -0.4 is 4.74 Å². The van der Waals surface area contributed by atoms with Crippen LogP contribution in [0.25, 0.3) is 0 Å². The second kappa shape index (κ2) is 7.90. The summed E-state index contributed by atoms with van der Waals surface area (Å²) in [6.45, 7) is 4.27. The fourth-order valence-corrected chi connectivity index (χ4v) is 2.62. The standard InChI is InChI=1S/C15H16Cl3N3O2/c1-3-5-21(15(22)20-6-4-19-9-20)10(2)23-14-8-12(17)11(16)7-13(14)18/h4,6-10H,3,5H2,1-2H3. The average Bonchev–Trinajstić information content (AvgIpc) is 3.03. The maximum Gasteiger partial charge on any atom is 0.332 e. The predicted octanol–water partition coefficient (Wildman–Crippen LogP) is 4.95. The number of carbonyl (C=O) groups excluding carboxylic acids is 1. The van der Waals surface area contributed by atoms with E-state index in [2.05, 4.69) is 4.98 Å². The Labute approximate surface area is 149 Å². The highest BCUT2D eigenvalue weighted by atomic mass is 35.5. The Morgan fingerprint density at radius 3 is 2.61 bits per heavy atom. The van der Waals surface area contributed by atoms with E-state index >= 15 is 0 Å². The number of hydrogen-bond acceptors (Lipinski definition) is 3. The van der Waals surface area contributed by atoms with E-state index in [1.807, 2.05) is 6.92 Å². The molecule has 0 saturated carbocycles. The number of amides is 1. The summed E-state index contributed by atoms with van der Waals surface area (Å²) in [6, 6.07) is 2.82. The zero-order valence-electron chi connectivity index (χ0n) is 12.7. The lowest BCUT2D eigenvalue weighted by molar-refractivity contribution is 0.0656. The number of halogens is 3. The van der Waals surface area contributed by atoms with Crippen molar-refractivity contribution in [3.8, 4) is 5.75 Å². The molecule has 1 unspecified atom stereocenters. The van der Waals surface area contributed by atoms with Crippen molar-refractivity contribution >= 4 is 40.8 Å². The molecule has 0 N–H and O–H groups in total. The van der Waals surface area contributed by atoms with Gasteiger partial charge in [-0.15, -0.1) is 0 Å². The van der Waals surface area contributed by atoms with Crippen LogP contribution in [0.3, 0.4) is 0 Å². The first-order valence-electron chi connectivity index (χ1n) is 7.04. The second-order valence-corrected chi connectivity index (χ2v) is 6.08. The fourth-order valence-electron chi connectivity index (χ4n) is 2.04. The summed E-state index contributed by atoms with van der Waals surface area (Å²) >= 11 is 18.0. The number of hydrogen-bond donors (Lipinski definition) is 0. The first-order valence-corrected chi connectivity index (χ1v) is 8.17. The van der Waals surface area contributed by atoms with Crippen LogP contribution in [0.15, 0.2) is 30.9 Å². The number of ether oxygens (including phenoxy) is 1. The Balaban J connectivity index is 2.20. The minimum absolute atomic E-state index is 0.229. The monoisotopic (exact) mass is 375 g/mol. The van der Waals surface area contributed by atoms with E-state index in [0.29, 0.717) is 27.4 Å². The fraction of sp³-hybridized carbons (Fsp3) is 0.333. The smallest absolute Gasteiger partial charge is 0.332 e. The third-order valence-electron chi connectivity index (χ3n) is 3.15. The minimum atomic E-state index is -0.542. The van der Waals surface area contributed by atoms with Gasteiger partial charge in [-0.2, -0.15) is 0 Å². The molecule has 1 heterocycles. The molecule has 0 aliphatic carbocycles. The molecule has 23 heavy (non-hydrogen) atoms. The van der Waals surface area contributed by atoms with Gasteiger partial charge in [-0.1, -0.05) is 41.7 Å². The summed E-state index contributed by atoms with van der Waals surface area (Å²) in [5, 5.41) is 1.01. The van der Waals surface area contributed by atoms with Crippen LogP contribution >= 0.6 is 34.8 Å². The molecule has 1 amide bonds. The quantitative estimate of drug-likeness (QED) is 0.548. The van der Waals surface area contributed by atoms with Crippen LogP contribution in [0.5, 0.6) is 5.75 Å². The molecule has 0 radical (unpaired) electrons. The highest BCUT2D eigenvalue weighted by molar-refractivity contribution is 6.43. The predicted molar refractivity (Wildman–Crippen MR) is 91.6 cm³/mol. The van der Waals surface area contributed by atoms with Crippen molar-refractivity contribution in [2.45, 2.75) is 26.5 Å². The Hall–Kier alpha value is -1.43. The molecule has 5 nitrogen and oxygen atoms in total. The lowest BCUT2D eigenvalue weighted by Crippen LogP contribution is -2.44. The zero-order chi connectivity index (χ0) is 17.0. The van der Waals surface area contributed by atoms with Crippen molar-refractivity contribution in [3.63, 3.8) is 0 Å². The number of benzene rings is 1. The molecule has 1 aromatic heterocycles. The molecule has 0 saturated heterocycles. The molecular weight excluding hydrogens is 361 g/mol. The van der Waals surface area contributed by atoms with Gasteiger partial charge >= 0.3 is 6.03 Å². The van der Waals surface area contributed by atoms with Crippen LogP contribution in [0.4, 0.5) is 4.79 Å². The lowest BCUT2D eigenvalue weighted by Gasteiger charge is -2.29. The number of nitrogens with zero attached hydrogens (tertiary/aromatic N) is 3. The van der Waals surface area contributed by atoms with Gasteiger partial charge < -0.3 is 4.74 Å². The minimum Gasteiger partial charge on any atom is -0.469 e. The Morgan fingerprint density at radius 2 is 2.00 bits per heavy atom. The van der Waals surface area contributed by atoms with E-state index in [4.69, 9.17) is 39.5 Å².